The SMILES string of the molecule is Cc1cccc(S(=O)(=O)Nc2ccc3[nH]c(=O)[nH]c3c2)c1. The highest BCUT2D eigenvalue weighted by Gasteiger charge is 2.14. The molecule has 3 rings (SSSR count). The van der Waals surface area contributed by atoms with Crippen LogP contribution < -0.4 is 10.4 Å². The largest absolute Gasteiger partial charge is 0.323 e. The van der Waals surface area contributed by atoms with Crippen LogP contribution in [0.1, 0.15) is 5.56 Å². The van der Waals surface area contributed by atoms with Crippen molar-refractivity contribution >= 4 is 26.7 Å². The number of benzene rings is 2. The van der Waals surface area contributed by atoms with Crippen LogP contribution in [0.15, 0.2) is 52.2 Å². The maximum atomic E-state index is 12.3. The van der Waals surface area contributed by atoms with E-state index in [1.54, 1.807) is 30.3 Å². The van der Waals surface area contributed by atoms with E-state index in [-0.39, 0.29) is 10.6 Å². The molecule has 0 aliphatic carbocycles. The van der Waals surface area contributed by atoms with Crippen LogP contribution in [0.3, 0.4) is 0 Å². The third kappa shape index (κ3) is 2.68. The molecule has 7 heteroatoms. The average molecular weight is 303 g/mol. The Morgan fingerprint density at radius 3 is 2.52 bits per heavy atom. The molecule has 0 aliphatic rings. The first-order valence-corrected chi connectivity index (χ1v) is 7.74. The number of imidazole rings is 1. The first-order chi connectivity index (χ1) is 9.94. The molecule has 0 spiro atoms. The average Bonchev–Trinajstić information content (AvgIpc) is 2.77. The number of fused-ring (bicyclic) bond motifs is 1. The van der Waals surface area contributed by atoms with Crippen molar-refractivity contribution in [2.75, 3.05) is 4.72 Å². The lowest BCUT2D eigenvalue weighted by Gasteiger charge is -2.08. The Morgan fingerprint density at radius 2 is 1.76 bits per heavy atom. The van der Waals surface area contributed by atoms with Crippen molar-refractivity contribution in [3.63, 3.8) is 0 Å². The highest BCUT2D eigenvalue weighted by molar-refractivity contribution is 7.92. The van der Waals surface area contributed by atoms with Crippen LogP contribution >= 0.6 is 0 Å². The van der Waals surface area contributed by atoms with Gasteiger partial charge in [0.05, 0.1) is 21.6 Å². The highest BCUT2D eigenvalue weighted by Crippen LogP contribution is 2.19. The topological polar surface area (TPSA) is 94.8 Å². The third-order valence-electron chi connectivity index (χ3n) is 3.07. The second kappa shape index (κ2) is 4.78. The van der Waals surface area contributed by atoms with Crippen LogP contribution in [0.2, 0.25) is 0 Å². The molecule has 3 aromatic rings. The molecule has 21 heavy (non-hydrogen) atoms. The van der Waals surface area contributed by atoms with Gasteiger partial charge in [0.15, 0.2) is 0 Å². The summed E-state index contributed by atoms with van der Waals surface area (Å²) in [5.74, 6) is 0. The van der Waals surface area contributed by atoms with Gasteiger partial charge in [-0.15, -0.1) is 0 Å². The lowest BCUT2D eigenvalue weighted by molar-refractivity contribution is 0.601. The maximum absolute atomic E-state index is 12.3. The van der Waals surface area contributed by atoms with E-state index in [4.69, 9.17) is 0 Å². The summed E-state index contributed by atoms with van der Waals surface area (Å²) in [4.78, 5) is 16.6. The molecule has 108 valence electrons. The van der Waals surface area contributed by atoms with Crippen molar-refractivity contribution in [1.29, 1.82) is 0 Å². The smallest absolute Gasteiger partial charge is 0.306 e. The molecule has 0 amide bonds. The number of aryl methyl sites for hydroxylation is 1. The summed E-state index contributed by atoms with van der Waals surface area (Å²) in [7, 11) is -3.65. The van der Waals surface area contributed by atoms with Gasteiger partial charge in [0, 0.05) is 0 Å². The standard InChI is InChI=1S/C14H13N3O3S/c1-9-3-2-4-11(7-9)21(19,20)17-10-5-6-12-13(8-10)16-14(18)15-12/h2-8,17H,1H3,(H2,15,16,18). The number of aromatic amines is 2. The molecular formula is C14H13N3O3S. The van der Waals surface area contributed by atoms with E-state index in [1.807, 2.05) is 13.0 Å². The van der Waals surface area contributed by atoms with Gasteiger partial charge in [-0.2, -0.15) is 0 Å². The second-order valence-electron chi connectivity index (χ2n) is 4.76. The van der Waals surface area contributed by atoms with Gasteiger partial charge in [-0.1, -0.05) is 12.1 Å². The lowest BCUT2D eigenvalue weighted by atomic mass is 10.2. The molecule has 0 bridgehead atoms. The first kappa shape index (κ1) is 13.4. The van der Waals surface area contributed by atoms with E-state index < -0.39 is 10.0 Å². The van der Waals surface area contributed by atoms with Crippen molar-refractivity contribution in [3.8, 4) is 0 Å². The molecule has 0 unspecified atom stereocenters. The summed E-state index contributed by atoms with van der Waals surface area (Å²) < 4.78 is 27.1. The fourth-order valence-corrected chi connectivity index (χ4v) is 3.25. The summed E-state index contributed by atoms with van der Waals surface area (Å²) in [5.41, 5.74) is 2.09. The summed E-state index contributed by atoms with van der Waals surface area (Å²) in [6.07, 6.45) is 0. The zero-order chi connectivity index (χ0) is 15.0. The second-order valence-corrected chi connectivity index (χ2v) is 6.44. The Hall–Kier alpha value is -2.54. The van der Waals surface area contributed by atoms with Crippen LogP contribution in [-0.2, 0) is 10.0 Å². The number of aromatic nitrogens is 2. The van der Waals surface area contributed by atoms with Crippen molar-refractivity contribution in [2.24, 2.45) is 0 Å². The van der Waals surface area contributed by atoms with E-state index in [9.17, 15) is 13.2 Å². The first-order valence-electron chi connectivity index (χ1n) is 6.26. The van der Waals surface area contributed by atoms with Crippen LogP contribution in [0.5, 0.6) is 0 Å². The molecule has 6 nitrogen and oxygen atoms in total. The normalized spacial score (nSPS) is 11.7. The monoisotopic (exact) mass is 303 g/mol. The number of anilines is 1. The maximum Gasteiger partial charge on any atom is 0.323 e. The Kier molecular flexibility index (Phi) is 3.06. The number of hydrogen-bond donors (Lipinski definition) is 3. The summed E-state index contributed by atoms with van der Waals surface area (Å²) in [6, 6.07) is 11.5. The predicted molar refractivity (Wildman–Crippen MR) is 80.9 cm³/mol. The summed E-state index contributed by atoms with van der Waals surface area (Å²) >= 11 is 0. The summed E-state index contributed by atoms with van der Waals surface area (Å²) in [6.45, 7) is 1.83. The van der Waals surface area contributed by atoms with Gasteiger partial charge >= 0.3 is 5.69 Å². The van der Waals surface area contributed by atoms with Gasteiger partial charge in [-0.05, 0) is 42.8 Å². The zero-order valence-corrected chi connectivity index (χ0v) is 12.0. The molecule has 0 saturated carbocycles. The number of nitrogens with one attached hydrogen (secondary N) is 3. The van der Waals surface area contributed by atoms with E-state index >= 15 is 0 Å². The van der Waals surface area contributed by atoms with Gasteiger partial charge in [0.25, 0.3) is 10.0 Å². The van der Waals surface area contributed by atoms with Gasteiger partial charge in [0.2, 0.25) is 0 Å². The van der Waals surface area contributed by atoms with Crippen LogP contribution in [0, 0.1) is 6.92 Å². The lowest BCUT2D eigenvalue weighted by Crippen LogP contribution is -2.12. The van der Waals surface area contributed by atoms with Crippen molar-refractivity contribution < 1.29 is 8.42 Å². The fraction of sp³-hybridized carbons (Fsp3) is 0.0714. The van der Waals surface area contributed by atoms with E-state index in [1.165, 1.54) is 6.07 Å². The number of sulfonamides is 1. The molecule has 0 fully saturated rings. The fourth-order valence-electron chi connectivity index (χ4n) is 2.09. The minimum atomic E-state index is -3.65. The molecule has 1 aromatic heterocycles. The highest BCUT2D eigenvalue weighted by atomic mass is 32.2. The molecule has 1 heterocycles. The van der Waals surface area contributed by atoms with Gasteiger partial charge in [0.1, 0.15) is 0 Å². The molecule has 2 aromatic carbocycles. The van der Waals surface area contributed by atoms with Crippen LogP contribution in [0.4, 0.5) is 5.69 Å². The molecular weight excluding hydrogens is 290 g/mol. The van der Waals surface area contributed by atoms with Gasteiger partial charge < -0.3 is 9.97 Å². The molecule has 3 N–H and O–H groups in total. The Labute approximate surface area is 120 Å². The minimum absolute atomic E-state index is 0.199. The minimum Gasteiger partial charge on any atom is -0.306 e. The van der Waals surface area contributed by atoms with Crippen LogP contribution in [-0.4, -0.2) is 18.4 Å². The van der Waals surface area contributed by atoms with Crippen LogP contribution in [0.25, 0.3) is 11.0 Å². The molecule has 0 atom stereocenters. The molecule has 0 radical (unpaired) electrons. The molecule has 0 saturated heterocycles. The quantitative estimate of drug-likeness (QED) is 0.690. The van der Waals surface area contributed by atoms with Crippen molar-refractivity contribution in [3.05, 3.63) is 58.5 Å². The van der Waals surface area contributed by atoms with Crippen molar-refractivity contribution in [1.82, 2.24) is 9.97 Å². The number of H-pyrrole nitrogens is 2. The molecule has 0 aliphatic heterocycles. The van der Waals surface area contributed by atoms with E-state index in [0.29, 0.717) is 16.7 Å². The van der Waals surface area contributed by atoms with Crippen molar-refractivity contribution in [2.45, 2.75) is 11.8 Å². The predicted octanol–water partition coefficient (Wildman–Crippen LogP) is 1.97. The number of rotatable bonds is 3. The van der Waals surface area contributed by atoms with Gasteiger partial charge in [-0.3, -0.25) is 4.72 Å². The van der Waals surface area contributed by atoms with E-state index in [0.717, 1.165) is 5.56 Å². The van der Waals surface area contributed by atoms with Gasteiger partial charge in [-0.25, -0.2) is 13.2 Å². The number of hydrogen-bond acceptors (Lipinski definition) is 3. The third-order valence-corrected chi connectivity index (χ3v) is 4.45. The zero-order valence-electron chi connectivity index (χ0n) is 11.2. The summed E-state index contributed by atoms with van der Waals surface area (Å²) in [5, 5.41) is 0. The Balaban J connectivity index is 1.98. The Morgan fingerprint density at radius 1 is 1.00 bits per heavy atom. The van der Waals surface area contributed by atoms with E-state index in [2.05, 4.69) is 14.7 Å². The Bertz CT molecular complexity index is 970.